The summed E-state index contributed by atoms with van der Waals surface area (Å²) in [6, 6.07) is 7.38. The second kappa shape index (κ2) is 6.45. The topological polar surface area (TPSA) is 29.4 Å². The summed E-state index contributed by atoms with van der Waals surface area (Å²) >= 11 is 5.91. The summed E-state index contributed by atoms with van der Waals surface area (Å²) in [7, 11) is 0. The van der Waals surface area contributed by atoms with Crippen molar-refractivity contribution in [2.45, 2.75) is 34.1 Å². The summed E-state index contributed by atoms with van der Waals surface area (Å²) in [4.78, 5) is 17.2. The van der Waals surface area contributed by atoms with Crippen molar-refractivity contribution in [1.82, 2.24) is 0 Å². The Morgan fingerprint density at radius 2 is 1.68 bits per heavy atom. The van der Waals surface area contributed by atoms with Crippen LogP contribution in [0, 0.1) is 0 Å². The van der Waals surface area contributed by atoms with Gasteiger partial charge in [0.2, 0.25) is 0 Å². The van der Waals surface area contributed by atoms with Crippen molar-refractivity contribution in [3.05, 3.63) is 63.7 Å². The third-order valence-corrected chi connectivity index (χ3v) is 4.14. The van der Waals surface area contributed by atoms with Crippen molar-refractivity contribution in [1.29, 1.82) is 0 Å². The summed E-state index contributed by atoms with van der Waals surface area (Å²) in [5.41, 5.74) is 6.10. The van der Waals surface area contributed by atoms with Gasteiger partial charge in [0.25, 0.3) is 0 Å². The number of aliphatic imine (C=N–C) groups is 1. The van der Waals surface area contributed by atoms with Gasteiger partial charge in [-0.1, -0.05) is 23.8 Å². The molecule has 0 heterocycles. The molecule has 0 aliphatic heterocycles. The average Bonchev–Trinajstić information content (AvgIpc) is 2.48. The predicted molar refractivity (Wildman–Crippen MR) is 94.1 cm³/mol. The van der Waals surface area contributed by atoms with Crippen LogP contribution >= 0.6 is 11.6 Å². The molecule has 2 rings (SSSR count). The molecule has 1 aliphatic rings. The van der Waals surface area contributed by atoms with Gasteiger partial charge < -0.3 is 0 Å². The molecule has 0 unspecified atom stereocenters. The van der Waals surface area contributed by atoms with Crippen LogP contribution in [0.4, 0.5) is 5.69 Å². The summed E-state index contributed by atoms with van der Waals surface area (Å²) in [5.74, 6) is 0.105. The highest BCUT2D eigenvalue weighted by atomic mass is 35.5. The van der Waals surface area contributed by atoms with E-state index in [1.165, 1.54) is 0 Å². The van der Waals surface area contributed by atoms with E-state index >= 15 is 0 Å². The molecule has 1 aromatic carbocycles. The summed E-state index contributed by atoms with van der Waals surface area (Å²) < 4.78 is 0. The lowest BCUT2D eigenvalue weighted by atomic mass is 9.83. The maximum atomic E-state index is 12.5. The SMILES string of the molecule is C=C(C)CC1=C(C)/C(=N\c2ccc(Cl)cc2)C(C)=C(C)C1=O. The van der Waals surface area contributed by atoms with Gasteiger partial charge in [0.15, 0.2) is 5.78 Å². The molecule has 0 fully saturated rings. The van der Waals surface area contributed by atoms with Crippen LogP contribution in [0.1, 0.15) is 34.1 Å². The summed E-state index contributed by atoms with van der Waals surface area (Å²) in [6.45, 7) is 11.6. The van der Waals surface area contributed by atoms with Gasteiger partial charge in [0.05, 0.1) is 11.4 Å². The van der Waals surface area contributed by atoms with E-state index in [2.05, 4.69) is 6.58 Å². The Morgan fingerprint density at radius 3 is 2.23 bits per heavy atom. The minimum atomic E-state index is 0.105. The van der Waals surface area contributed by atoms with Gasteiger partial charge in [-0.2, -0.15) is 0 Å². The molecule has 0 saturated carbocycles. The van der Waals surface area contributed by atoms with Crippen LogP contribution in [0.3, 0.4) is 0 Å². The second-order valence-corrected chi connectivity index (χ2v) is 6.19. The number of Topliss-reactive ketones (excluding diaryl/α,β-unsaturated/α-hetero) is 1. The maximum absolute atomic E-state index is 12.5. The van der Waals surface area contributed by atoms with Crippen LogP contribution in [0.15, 0.2) is 63.7 Å². The Hall–Kier alpha value is -1.93. The lowest BCUT2D eigenvalue weighted by Gasteiger charge is -2.22. The van der Waals surface area contributed by atoms with Crippen LogP contribution in [0.25, 0.3) is 0 Å². The number of benzene rings is 1. The van der Waals surface area contributed by atoms with E-state index in [1.807, 2.05) is 52.0 Å². The van der Waals surface area contributed by atoms with E-state index in [-0.39, 0.29) is 5.78 Å². The van der Waals surface area contributed by atoms with Gasteiger partial charge in [-0.05, 0) is 69.5 Å². The molecule has 1 aromatic rings. The number of ketones is 1. The van der Waals surface area contributed by atoms with E-state index in [0.717, 1.165) is 39.3 Å². The monoisotopic (exact) mass is 313 g/mol. The van der Waals surface area contributed by atoms with Crippen LogP contribution in [-0.4, -0.2) is 11.5 Å². The first kappa shape index (κ1) is 16.4. The standard InChI is InChI=1S/C19H20ClNO/c1-11(2)10-17-14(5)18(12(3)13(4)19(17)22)21-16-8-6-15(20)7-9-16/h6-9H,1,10H2,2-5H3/b21-18-. The van der Waals surface area contributed by atoms with Crippen molar-refractivity contribution in [2.24, 2.45) is 4.99 Å². The molecule has 1 aliphatic carbocycles. The lowest BCUT2D eigenvalue weighted by Crippen LogP contribution is -2.21. The van der Waals surface area contributed by atoms with Crippen LogP contribution < -0.4 is 0 Å². The Labute approximate surface area is 136 Å². The minimum absolute atomic E-state index is 0.105. The largest absolute Gasteiger partial charge is 0.289 e. The van der Waals surface area contributed by atoms with Crippen molar-refractivity contribution in [3.63, 3.8) is 0 Å². The molecule has 0 saturated heterocycles. The van der Waals surface area contributed by atoms with Gasteiger partial charge in [-0.15, -0.1) is 0 Å². The fourth-order valence-corrected chi connectivity index (χ4v) is 2.62. The number of carbonyl (C=O) groups excluding carboxylic acids is 1. The van der Waals surface area contributed by atoms with E-state index in [0.29, 0.717) is 11.4 Å². The normalized spacial score (nSPS) is 17.5. The minimum Gasteiger partial charge on any atom is -0.289 e. The molecule has 22 heavy (non-hydrogen) atoms. The molecular weight excluding hydrogens is 294 g/mol. The first-order valence-corrected chi connectivity index (χ1v) is 7.60. The molecule has 0 radical (unpaired) electrons. The summed E-state index contributed by atoms with van der Waals surface area (Å²) in [6.07, 6.45) is 0.592. The van der Waals surface area contributed by atoms with E-state index < -0.39 is 0 Å². The Kier molecular flexibility index (Phi) is 4.82. The third kappa shape index (κ3) is 3.28. The Balaban J connectivity index is 2.56. The molecule has 0 N–H and O–H groups in total. The zero-order valence-corrected chi connectivity index (χ0v) is 14.2. The zero-order chi connectivity index (χ0) is 16.4. The van der Waals surface area contributed by atoms with Gasteiger partial charge in [0, 0.05) is 16.2 Å². The molecule has 0 bridgehead atoms. The molecule has 0 spiro atoms. The van der Waals surface area contributed by atoms with Gasteiger partial charge in [-0.3, -0.25) is 4.79 Å². The Bertz CT molecular complexity index is 733. The van der Waals surface area contributed by atoms with E-state index in [1.54, 1.807) is 0 Å². The molecule has 3 heteroatoms. The molecule has 2 nitrogen and oxygen atoms in total. The van der Waals surface area contributed by atoms with Gasteiger partial charge in [0.1, 0.15) is 0 Å². The number of nitrogens with zero attached hydrogens (tertiary/aromatic N) is 1. The van der Waals surface area contributed by atoms with Crippen molar-refractivity contribution in [2.75, 3.05) is 0 Å². The highest BCUT2D eigenvalue weighted by Crippen LogP contribution is 2.30. The first-order valence-electron chi connectivity index (χ1n) is 7.22. The van der Waals surface area contributed by atoms with E-state index in [9.17, 15) is 4.79 Å². The third-order valence-electron chi connectivity index (χ3n) is 3.89. The number of hydrogen-bond acceptors (Lipinski definition) is 2. The molecular formula is C19H20ClNO. The Morgan fingerprint density at radius 1 is 1.09 bits per heavy atom. The fraction of sp³-hybridized carbons (Fsp3) is 0.263. The van der Waals surface area contributed by atoms with Crippen molar-refractivity contribution in [3.8, 4) is 0 Å². The van der Waals surface area contributed by atoms with Crippen LogP contribution in [0.5, 0.6) is 0 Å². The molecule has 0 amide bonds. The smallest absolute Gasteiger partial charge is 0.185 e. The number of halogens is 1. The zero-order valence-electron chi connectivity index (χ0n) is 13.5. The molecule has 0 atom stereocenters. The van der Waals surface area contributed by atoms with Crippen LogP contribution in [0.2, 0.25) is 5.02 Å². The quantitative estimate of drug-likeness (QED) is 0.526. The van der Waals surface area contributed by atoms with Gasteiger partial charge in [-0.25, -0.2) is 4.99 Å². The maximum Gasteiger partial charge on any atom is 0.185 e. The number of hydrogen-bond donors (Lipinski definition) is 0. The van der Waals surface area contributed by atoms with Crippen LogP contribution in [-0.2, 0) is 4.79 Å². The average molecular weight is 314 g/mol. The number of carbonyl (C=O) groups is 1. The number of allylic oxidation sites excluding steroid dienone is 5. The second-order valence-electron chi connectivity index (χ2n) is 5.75. The first-order chi connectivity index (χ1) is 10.3. The molecule has 0 aromatic heterocycles. The fourth-order valence-electron chi connectivity index (χ4n) is 2.50. The predicted octanol–water partition coefficient (Wildman–Crippen LogP) is 5.61. The lowest BCUT2D eigenvalue weighted by molar-refractivity contribution is -0.112. The van der Waals surface area contributed by atoms with E-state index in [4.69, 9.17) is 16.6 Å². The molecule has 114 valence electrons. The van der Waals surface area contributed by atoms with Crippen molar-refractivity contribution < 1.29 is 4.79 Å². The highest BCUT2D eigenvalue weighted by Gasteiger charge is 2.26. The highest BCUT2D eigenvalue weighted by molar-refractivity contribution is 6.30. The summed E-state index contributed by atoms with van der Waals surface area (Å²) in [5, 5.41) is 0.682. The van der Waals surface area contributed by atoms with Gasteiger partial charge >= 0.3 is 0 Å². The van der Waals surface area contributed by atoms with Crippen molar-refractivity contribution >= 4 is 28.8 Å². The number of rotatable bonds is 3.